The number of rotatable bonds is 10. The standard InChI is InChI=1S/C28H29ClN4O4S/c1-20(2)17-32(38(35,36)25-14-12-24(37-3)13-15-25)19-27(34)31-28-30-26(21-8-5-4-6-9-21)18-33(28)23-11-7-10-22(29)16-23/h4-16,18,20H,17,19H2,1-3H3,(H,30,31,34). The molecular weight excluding hydrogens is 524 g/mol. The maximum atomic E-state index is 13.4. The molecule has 4 aromatic rings. The summed E-state index contributed by atoms with van der Waals surface area (Å²) in [4.78, 5) is 18.0. The first-order valence-electron chi connectivity index (χ1n) is 12.0. The van der Waals surface area contributed by atoms with Crippen molar-refractivity contribution in [3.05, 3.63) is 90.1 Å². The molecule has 0 atom stereocenters. The number of carbonyl (C=O) groups is 1. The zero-order valence-electron chi connectivity index (χ0n) is 21.3. The predicted octanol–water partition coefficient (Wildman–Crippen LogP) is 5.49. The number of nitrogens with zero attached hydrogens (tertiary/aromatic N) is 3. The fraction of sp³-hybridized carbons (Fsp3) is 0.214. The number of amides is 1. The Balaban J connectivity index is 1.64. The highest BCUT2D eigenvalue weighted by atomic mass is 35.5. The van der Waals surface area contributed by atoms with Gasteiger partial charge in [0, 0.05) is 29.0 Å². The van der Waals surface area contributed by atoms with Crippen LogP contribution in [-0.2, 0) is 14.8 Å². The summed E-state index contributed by atoms with van der Waals surface area (Å²) in [5.41, 5.74) is 2.21. The van der Waals surface area contributed by atoms with Crippen molar-refractivity contribution < 1.29 is 17.9 Å². The van der Waals surface area contributed by atoms with Crippen molar-refractivity contribution in [2.45, 2.75) is 18.7 Å². The van der Waals surface area contributed by atoms with E-state index in [0.29, 0.717) is 22.2 Å². The zero-order chi connectivity index (χ0) is 27.3. The van der Waals surface area contributed by atoms with E-state index in [1.165, 1.54) is 23.5 Å². The third kappa shape index (κ3) is 6.42. The van der Waals surface area contributed by atoms with Crippen molar-refractivity contribution in [2.75, 3.05) is 25.5 Å². The monoisotopic (exact) mass is 552 g/mol. The Morgan fingerprint density at radius 1 is 1.05 bits per heavy atom. The maximum absolute atomic E-state index is 13.4. The zero-order valence-corrected chi connectivity index (χ0v) is 22.9. The quantitative estimate of drug-likeness (QED) is 0.281. The van der Waals surface area contributed by atoms with Crippen molar-refractivity contribution in [3.63, 3.8) is 0 Å². The van der Waals surface area contributed by atoms with E-state index in [4.69, 9.17) is 16.3 Å². The summed E-state index contributed by atoms with van der Waals surface area (Å²) in [6.07, 6.45) is 1.80. The number of hydrogen-bond acceptors (Lipinski definition) is 5. The van der Waals surface area contributed by atoms with Crippen LogP contribution in [-0.4, -0.2) is 48.4 Å². The Labute approximate surface area is 227 Å². The van der Waals surface area contributed by atoms with Crippen LogP contribution in [0.1, 0.15) is 13.8 Å². The number of hydrogen-bond donors (Lipinski definition) is 1. The second-order valence-corrected chi connectivity index (χ2v) is 11.5. The fourth-order valence-corrected chi connectivity index (χ4v) is 5.66. The number of anilines is 1. The number of aromatic nitrogens is 2. The molecule has 0 aliphatic carbocycles. The molecule has 1 heterocycles. The summed E-state index contributed by atoms with van der Waals surface area (Å²) < 4.78 is 34.9. The van der Waals surface area contributed by atoms with E-state index >= 15 is 0 Å². The minimum absolute atomic E-state index is 0.00560. The minimum Gasteiger partial charge on any atom is -0.497 e. The van der Waals surface area contributed by atoms with Gasteiger partial charge in [-0.25, -0.2) is 13.4 Å². The van der Waals surface area contributed by atoms with Gasteiger partial charge in [0.15, 0.2) is 0 Å². The first-order valence-corrected chi connectivity index (χ1v) is 13.8. The molecule has 0 aliphatic heterocycles. The molecule has 198 valence electrons. The Morgan fingerprint density at radius 2 is 1.76 bits per heavy atom. The highest BCUT2D eigenvalue weighted by Crippen LogP contribution is 2.26. The topological polar surface area (TPSA) is 93.5 Å². The fourth-order valence-electron chi connectivity index (χ4n) is 3.92. The molecule has 0 bridgehead atoms. The molecule has 0 saturated heterocycles. The van der Waals surface area contributed by atoms with E-state index in [1.807, 2.05) is 50.2 Å². The normalized spacial score (nSPS) is 11.6. The number of nitrogens with one attached hydrogen (secondary N) is 1. The van der Waals surface area contributed by atoms with Crippen LogP contribution in [0.4, 0.5) is 5.95 Å². The van der Waals surface area contributed by atoms with Crippen LogP contribution in [0, 0.1) is 5.92 Å². The number of carbonyl (C=O) groups excluding carboxylic acids is 1. The van der Waals surface area contributed by atoms with Gasteiger partial charge in [0.05, 0.1) is 24.2 Å². The van der Waals surface area contributed by atoms with Gasteiger partial charge in [-0.05, 0) is 48.4 Å². The molecule has 1 amide bonds. The van der Waals surface area contributed by atoms with Gasteiger partial charge in [0.25, 0.3) is 0 Å². The van der Waals surface area contributed by atoms with Crippen molar-refractivity contribution in [1.82, 2.24) is 13.9 Å². The third-order valence-corrected chi connectivity index (χ3v) is 7.76. The lowest BCUT2D eigenvalue weighted by molar-refractivity contribution is -0.116. The molecule has 0 fully saturated rings. The van der Waals surface area contributed by atoms with E-state index in [0.717, 1.165) is 5.56 Å². The van der Waals surface area contributed by atoms with Gasteiger partial charge in [-0.3, -0.25) is 14.7 Å². The Morgan fingerprint density at radius 3 is 2.39 bits per heavy atom. The SMILES string of the molecule is COc1ccc(S(=O)(=O)N(CC(=O)Nc2nc(-c3ccccc3)cn2-c2cccc(Cl)c2)CC(C)C)cc1. The number of imidazole rings is 1. The second kappa shape index (κ2) is 11.8. The van der Waals surface area contributed by atoms with Crippen LogP contribution in [0.2, 0.25) is 5.02 Å². The van der Waals surface area contributed by atoms with Gasteiger partial charge in [-0.1, -0.05) is 61.8 Å². The summed E-state index contributed by atoms with van der Waals surface area (Å²) in [6, 6.07) is 22.8. The van der Waals surface area contributed by atoms with Gasteiger partial charge in [-0.15, -0.1) is 0 Å². The molecule has 0 radical (unpaired) electrons. The number of ether oxygens (including phenoxy) is 1. The molecule has 1 aromatic heterocycles. The lowest BCUT2D eigenvalue weighted by Crippen LogP contribution is -2.40. The van der Waals surface area contributed by atoms with Crippen molar-refractivity contribution in [1.29, 1.82) is 0 Å². The first kappa shape index (κ1) is 27.4. The third-order valence-electron chi connectivity index (χ3n) is 5.70. The maximum Gasteiger partial charge on any atom is 0.243 e. The van der Waals surface area contributed by atoms with Crippen molar-refractivity contribution in [2.24, 2.45) is 5.92 Å². The van der Waals surface area contributed by atoms with Crippen LogP contribution in [0.25, 0.3) is 16.9 Å². The van der Waals surface area contributed by atoms with E-state index < -0.39 is 15.9 Å². The average Bonchev–Trinajstić information content (AvgIpc) is 3.32. The summed E-state index contributed by atoms with van der Waals surface area (Å²) in [7, 11) is -2.43. The molecule has 1 N–H and O–H groups in total. The molecule has 0 saturated carbocycles. The number of methoxy groups -OCH3 is 1. The van der Waals surface area contributed by atoms with Crippen molar-refractivity contribution in [3.8, 4) is 22.7 Å². The Hall–Kier alpha value is -3.66. The van der Waals surface area contributed by atoms with E-state index in [9.17, 15) is 13.2 Å². The van der Waals surface area contributed by atoms with E-state index in [2.05, 4.69) is 10.3 Å². The summed E-state index contributed by atoms with van der Waals surface area (Å²) in [6.45, 7) is 3.58. The van der Waals surface area contributed by atoms with Crippen LogP contribution in [0.15, 0.2) is 90.0 Å². The summed E-state index contributed by atoms with van der Waals surface area (Å²) in [5.74, 6) is 0.270. The lowest BCUT2D eigenvalue weighted by Gasteiger charge is -2.23. The molecule has 0 spiro atoms. The van der Waals surface area contributed by atoms with Gasteiger partial charge in [-0.2, -0.15) is 4.31 Å². The van der Waals surface area contributed by atoms with Gasteiger partial charge in [0.2, 0.25) is 21.9 Å². The smallest absolute Gasteiger partial charge is 0.243 e. The summed E-state index contributed by atoms with van der Waals surface area (Å²) in [5, 5.41) is 3.34. The molecule has 0 aliphatic rings. The van der Waals surface area contributed by atoms with Crippen molar-refractivity contribution >= 4 is 33.5 Å². The average molecular weight is 553 g/mol. The highest BCUT2D eigenvalue weighted by Gasteiger charge is 2.28. The number of sulfonamides is 1. The molecule has 4 rings (SSSR count). The first-order chi connectivity index (χ1) is 18.2. The van der Waals surface area contributed by atoms with E-state index in [-0.39, 0.29) is 29.9 Å². The second-order valence-electron chi connectivity index (χ2n) is 9.08. The van der Waals surface area contributed by atoms with Gasteiger partial charge in [0.1, 0.15) is 5.75 Å². The van der Waals surface area contributed by atoms with Crippen LogP contribution >= 0.6 is 11.6 Å². The minimum atomic E-state index is -3.94. The molecule has 38 heavy (non-hydrogen) atoms. The molecule has 3 aromatic carbocycles. The lowest BCUT2D eigenvalue weighted by atomic mass is 10.2. The molecule has 10 heteroatoms. The van der Waals surface area contributed by atoms with E-state index in [1.54, 1.807) is 41.1 Å². The largest absolute Gasteiger partial charge is 0.497 e. The summed E-state index contributed by atoms with van der Waals surface area (Å²) >= 11 is 6.22. The highest BCUT2D eigenvalue weighted by molar-refractivity contribution is 7.89. The van der Waals surface area contributed by atoms with Crippen LogP contribution < -0.4 is 10.1 Å². The molecule has 0 unspecified atom stereocenters. The van der Waals surface area contributed by atoms with Gasteiger partial charge < -0.3 is 4.74 Å². The molecular formula is C28H29ClN4O4S. The molecule has 8 nitrogen and oxygen atoms in total. The van der Waals surface area contributed by atoms with Crippen LogP contribution in [0.3, 0.4) is 0 Å². The number of benzene rings is 3. The Kier molecular flexibility index (Phi) is 8.51. The van der Waals surface area contributed by atoms with Gasteiger partial charge >= 0.3 is 0 Å². The predicted molar refractivity (Wildman–Crippen MR) is 149 cm³/mol. The Bertz CT molecular complexity index is 1500. The number of halogens is 1. The van der Waals surface area contributed by atoms with Crippen LogP contribution in [0.5, 0.6) is 5.75 Å².